The summed E-state index contributed by atoms with van der Waals surface area (Å²) in [6.45, 7) is 0.803. The van der Waals surface area contributed by atoms with Crippen LogP contribution in [0.3, 0.4) is 0 Å². The van der Waals surface area contributed by atoms with E-state index in [-0.39, 0.29) is 12.4 Å². The molecule has 0 atom stereocenters. The van der Waals surface area contributed by atoms with Crippen LogP contribution >= 0.6 is 23.2 Å². The van der Waals surface area contributed by atoms with Gasteiger partial charge in [0.1, 0.15) is 0 Å². The summed E-state index contributed by atoms with van der Waals surface area (Å²) in [4.78, 5) is 0. The number of halogens is 3. The standard InChI is InChI=1S/C12H10Cl2N.ClH/c13-11-5-4-10(8-12(11)14)9-15-6-2-1-3-7-15;/h1-8H,9H2;1H/q+1;/p-1. The number of pyridine rings is 1. The van der Waals surface area contributed by atoms with Crippen LogP contribution in [0, 0.1) is 0 Å². The van der Waals surface area contributed by atoms with Crippen molar-refractivity contribution in [3.8, 4) is 0 Å². The van der Waals surface area contributed by atoms with Crippen LogP contribution in [0.15, 0.2) is 48.8 Å². The molecule has 0 N–H and O–H groups in total. The average molecular weight is 275 g/mol. The molecule has 1 nitrogen and oxygen atoms in total. The molecule has 0 saturated heterocycles. The Bertz CT molecular complexity index is 457. The molecule has 1 aromatic carbocycles. The number of hydrogen-bond donors (Lipinski definition) is 0. The molecule has 0 saturated carbocycles. The van der Waals surface area contributed by atoms with Gasteiger partial charge in [0.05, 0.1) is 10.0 Å². The highest BCUT2D eigenvalue weighted by atomic mass is 35.5. The molecule has 2 rings (SSSR count). The number of nitrogens with zero attached hydrogens (tertiary/aromatic N) is 1. The zero-order chi connectivity index (χ0) is 10.7. The highest BCUT2D eigenvalue weighted by Gasteiger charge is 2.03. The third-order valence-electron chi connectivity index (χ3n) is 2.13. The molecule has 1 heterocycles. The molecule has 0 aliphatic rings. The first kappa shape index (κ1) is 13.3. The van der Waals surface area contributed by atoms with Gasteiger partial charge in [0.2, 0.25) is 0 Å². The van der Waals surface area contributed by atoms with E-state index in [0.29, 0.717) is 10.0 Å². The monoisotopic (exact) mass is 273 g/mol. The Morgan fingerprint density at radius 3 is 2.25 bits per heavy atom. The summed E-state index contributed by atoms with van der Waals surface area (Å²) in [6, 6.07) is 11.7. The molecule has 16 heavy (non-hydrogen) atoms. The molecule has 0 fully saturated rings. The smallest absolute Gasteiger partial charge is 0.173 e. The van der Waals surface area contributed by atoms with Gasteiger partial charge < -0.3 is 12.4 Å². The lowest BCUT2D eigenvalue weighted by Crippen LogP contribution is -3.00. The average Bonchev–Trinajstić information content (AvgIpc) is 2.25. The third-order valence-corrected chi connectivity index (χ3v) is 2.87. The first-order chi connectivity index (χ1) is 7.25. The van der Waals surface area contributed by atoms with E-state index >= 15 is 0 Å². The van der Waals surface area contributed by atoms with Crippen LogP contribution in [-0.2, 0) is 6.54 Å². The maximum atomic E-state index is 5.94. The van der Waals surface area contributed by atoms with Crippen LogP contribution in [0.5, 0.6) is 0 Å². The molecular formula is C12H10Cl3N. The van der Waals surface area contributed by atoms with Crippen molar-refractivity contribution in [3.63, 3.8) is 0 Å². The minimum absolute atomic E-state index is 0. The van der Waals surface area contributed by atoms with Crippen LogP contribution < -0.4 is 17.0 Å². The predicted molar refractivity (Wildman–Crippen MR) is 62.2 cm³/mol. The molecule has 2 aromatic rings. The summed E-state index contributed by atoms with van der Waals surface area (Å²) < 4.78 is 2.08. The minimum atomic E-state index is 0. The van der Waals surface area contributed by atoms with Gasteiger partial charge >= 0.3 is 0 Å². The van der Waals surface area contributed by atoms with Crippen molar-refractivity contribution in [1.29, 1.82) is 0 Å². The van der Waals surface area contributed by atoms with Crippen LogP contribution in [0.25, 0.3) is 0 Å². The zero-order valence-corrected chi connectivity index (χ0v) is 10.7. The minimum Gasteiger partial charge on any atom is -1.00 e. The SMILES string of the molecule is Clc1ccc(C[n+]2ccccc2)cc1Cl.[Cl-]. The van der Waals surface area contributed by atoms with Crippen LogP contribution in [-0.4, -0.2) is 0 Å². The Balaban J connectivity index is 0.00000128. The Morgan fingerprint density at radius 2 is 1.62 bits per heavy atom. The van der Waals surface area contributed by atoms with E-state index in [1.165, 1.54) is 0 Å². The maximum absolute atomic E-state index is 5.94. The van der Waals surface area contributed by atoms with E-state index in [0.717, 1.165) is 12.1 Å². The lowest BCUT2D eigenvalue weighted by Gasteiger charge is -1.99. The van der Waals surface area contributed by atoms with Gasteiger partial charge in [0, 0.05) is 17.7 Å². The first-order valence-electron chi connectivity index (χ1n) is 4.64. The molecule has 84 valence electrons. The van der Waals surface area contributed by atoms with Gasteiger partial charge in [-0.15, -0.1) is 0 Å². The van der Waals surface area contributed by atoms with E-state index in [1.54, 1.807) is 0 Å². The maximum Gasteiger partial charge on any atom is 0.173 e. The van der Waals surface area contributed by atoms with Crippen LogP contribution in [0.4, 0.5) is 0 Å². The molecule has 4 heteroatoms. The van der Waals surface area contributed by atoms with Crippen LogP contribution in [0.2, 0.25) is 10.0 Å². The van der Waals surface area contributed by atoms with Crippen molar-refractivity contribution in [3.05, 3.63) is 64.4 Å². The normalized spacial score (nSPS) is 9.62. The van der Waals surface area contributed by atoms with E-state index in [2.05, 4.69) is 4.57 Å². The van der Waals surface area contributed by atoms with Crippen molar-refractivity contribution in [2.24, 2.45) is 0 Å². The van der Waals surface area contributed by atoms with Crippen molar-refractivity contribution < 1.29 is 17.0 Å². The van der Waals surface area contributed by atoms with Gasteiger partial charge in [-0.05, 0) is 12.1 Å². The summed E-state index contributed by atoms with van der Waals surface area (Å²) in [6.07, 6.45) is 4.03. The lowest BCUT2D eigenvalue weighted by atomic mass is 10.2. The Hall–Kier alpha value is -0.760. The van der Waals surface area contributed by atoms with Gasteiger partial charge in [-0.2, -0.15) is 0 Å². The number of benzene rings is 1. The van der Waals surface area contributed by atoms with E-state index in [4.69, 9.17) is 23.2 Å². The molecule has 0 amide bonds. The van der Waals surface area contributed by atoms with E-state index in [1.807, 2.05) is 48.8 Å². The molecule has 0 bridgehead atoms. The lowest BCUT2D eigenvalue weighted by molar-refractivity contribution is -0.688. The van der Waals surface area contributed by atoms with E-state index < -0.39 is 0 Å². The molecule has 0 radical (unpaired) electrons. The van der Waals surface area contributed by atoms with Gasteiger partial charge in [0.15, 0.2) is 18.9 Å². The molecule has 0 aliphatic carbocycles. The van der Waals surface area contributed by atoms with Gasteiger partial charge in [-0.3, -0.25) is 0 Å². The summed E-state index contributed by atoms with van der Waals surface area (Å²) >= 11 is 11.8. The fourth-order valence-corrected chi connectivity index (χ4v) is 1.71. The van der Waals surface area contributed by atoms with Gasteiger partial charge in [0.25, 0.3) is 0 Å². The second-order valence-corrected chi connectivity index (χ2v) is 4.11. The predicted octanol–water partition coefficient (Wildman–Crippen LogP) is 0.333. The van der Waals surface area contributed by atoms with Gasteiger partial charge in [-0.25, -0.2) is 4.57 Å². The molecule has 0 spiro atoms. The van der Waals surface area contributed by atoms with Crippen molar-refractivity contribution >= 4 is 23.2 Å². The van der Waals surface area contributed by atoms with Crippen molar-refractivity contribution in [1.82, 2.24) is 0 Å². The third kappa shape index (κ3) is 3.38. The fourth-order valence-electron chi connectivity index (χ4n) is 1.39. The quantitative estimate of drug-likeness (QED) is 0.695. The molecular weight excluding hydrogens is 264 g/mol. The Kier molecular flexibility index (Phi) is 5.07. The van der Waals surface area contributed by atoms with Crippen LogP contribution in [0.1, 0.15) is 5.56 Å². The summed E-state index contributed by atoms with van der Waals surface area (Å²) in [5.41, 5.74) is 1.14. The topological polar surface area (TPSA) is 3.88 Å². The molecule has 1 aromatic heterocycles. The fraction of sp³-hybridized carbons (Fsp3) is 0.0833. The summed E-state index contributed by atoms with van der Waals surface area (Å²) in [7, 11) is 0. The second kappa shape index (κ2) is 6.09. The highest BCUT2D eigenvalue weighted by Crippen LogP contribution is 2.22. The number of rotatable bonds is 2. The van der Waals surface area contributed by atoms with Gasteiger partial charge in [-0.1, -0.05) is 35.3 Å². The summed E-state index contributed by atoms with van der Waals surface area (Å²) in [5, 5.41) is 1.20. The van der Waals surface area contributed by atoms with Crippen molar-refractivity contribution in [2.75, 3.05) is 0 Å². The first-order valence-corrected chi connectivity index (χ1v) is 5.39. The number of hydrogen-bond acceptors (Lipinski definition) is 0. The second-order valence-electron chi connectivity index (χ2n) is 3.30. The largest absolute Gasteiger partial charge is 1.00 e. The Labute approximate surface area is 111 Å². The zero-order valence-electron chi connectivity index (χ0n) is 8.41. The Morgan fingerprint density at radius 1 is 0.938 bits per heavy atom. The number of aromatic nitrogens is 1. The molecule has 0 aliphatic heterocycles. The molecule has 0 unspecified atom stereocenters. The van der Waals surface area contributed by atoms with E-state index in [9.17, 15) is 0 Å². The highest BCUT2D eigenvalue weighted by molar-refractivity contribution is 6.41. The summed E-state index contributed by atoms with van der Waals surface area (Å²) in [5.74, 6) is 0. The van der Waals surface area contributed by atoms with Crippen molar-refractivity contribution in [2.45, 2.75) is 6.54 Å².